The molecule has 1 saturated heterocycles. The largest absolute Gasteiger partial charge is 0.376 e. The van der Waals surface area contributed by atoms with E-state index < -0.39 is 0 Å². The van der Waals surface area contributed by atoms with Gasteiger partial charge in [-0.1, -0.05) is 29.3 Å². The number of hydrogen-bond donors (Lipinski definition) is 1. The van der Waals surface area contributed by atoms with Crippen molar-refractivity contribution in [1.82, 2.24) is 4.90 Å². The van der Waals surface area contributed by atoms with E-state index in [-0.39, 0.29) is 12.1 Å². The van der Waals surface area contributed by atoms with Gasteiger partial charge in [-0.15, -0.1) is 0 Å². The van der Waals surface area contributed by atoms with Crippen molar-refractivity contribution in [3.63, 3.8) is 0 Å². The summed E-state index contributed by atoms with van der Waals surface area (Å²) in [5, 5.41) is 1.36. The van der Waals surface area contributed by atoms with E-state index in [2.05, 4.69) is 11.8 Å². The topological polar surface area (TPSA) is 38.5 Å². The molecule has 1 heterocycles. The summed E-state index contributed by atoms with van der Waals surface area (Å²) < 4.78 is 5.55. The van der Waals surface area contributed by atoms with E-state index in [4.69, 9.17) is 33.7 Å². The molecule has 1 aliphatic heterocycles. The van der Waals surface area contributed by atoms with Crippen LogP contribution >= 0.6 is 23.2 Å². The second-order valence-corrected chi connectivity index (χ2v) is 5.38. The second-order valence-electron chi connectivity index (χ2n) is 4.56. The van der Waals surface area contributed by atoms with Crippen molar-refractivity contribution in [2.24, 2.45) is 5.73 Å². The number of nitrogens with two attached hydrogens (primary N) is 1. The molecule has 1 aromatic rings. The Morgan fingerprint density at radius 1 is 1.44 bits per heavy atom. The lowest BCUT2D eigenvalue weighted by molar-refractivity contribution is -0.0332. The Kier molecular flexibility index (Phi) is 4.87. The number of ether oxygens (including phenoxy) is 1. The van der Waals surface area contributed by atoms with Crippen molar-refractivity contribution in [2.75, 3.05) is 26.2 Å². The molecule has 3 nitrogen and oxygen atoms in total. The van der Waals surface area contributed by atoms with Gasteiger partial charge in [-0.25, -0.2) is 0 Å². The van der Waals surface area contributed by atoms with Gasteiger partial charge in [0.2, 0.25) is 0 Å². The van der Waals surface area contributed by atoms with Gasteiger partial charge in [0, 0.05) is 35.2 Å². The van der Waals surface area contributed by atoms with Crippen LogP contribution in [-0.2, 0) is 4.74 Å². The number of rotatable bonds is 3. The Morgan fingerprint density at radius 3 is 2.67 bits per heavy atom. The standard InChI is InChI=1S/C13H18Cl2N2O/c1-9-8-17(5-6-18-9)12(7-16)13-10(14)3-2-4-11(13)15/h2-4,9,12H,5-8,16H2,1H3. The van der Waals surface area contributed by atoms with Crippen LogP contribution < -0.4 is 5.73 Å². The molecule has 1 aliphatic rings. The van der Waals surface area contributed by atoms with Crippen LogP contribution in [0, 0.1) is 0 Å². The summed E-state index contributed by atoms with van der Waals surface area (Å²) in [6.07, 6.45) is 0.217. The van der Waals surface area contributed by atoms with E-state index in [1.54, 1.807) is 0 Å². The summed E-state index contributed by atoms with van der Waals surface area (Å²) in [5.74, 6) is 0. The summed E-state index contributed by atoms with van der Waals surface area (Å²) in [4.78, 5) is 2.29. The van der Waals surface area contributed by atoms with Crippen molar-refractivity contribution < 1.29 is 4.74 Å². The molecule has 0 bridgehead atoms. The van der Waals surface area contributed by atoms with Crippen molar-refractivity contribution >= 4 is 23.2 Å². The van der Waals surface area contributed by atoms with Crippen molar-refractivity contribution in [1.29, 1.82) is 0 Å². The van der Waals surface area contributed by atoms with E-state index in [0.29, 0.717) is 16.6 Å². The van der Waals surface area contributed by atoms with Gasteiger partial charge in [-0.05, 0) is 19.1 Å². The molecular formula is C13H18Cl2N2O. The zero-order chi connectivity index (χ0) is 13.1. The fourth-order valence-corrected chi connectivity index (χ4v) is 3.06. The summed E-state index contributed by atoms with van der Waals surface area (Å²) in [7, 11) is 0. The quantitative estimate of drug-likeness (QED) is 0.930. The molecular weight excluding hydrogens is 271 g/mol. The van der Waals surface area contributed by atoms with Gasteiger partial charge >= 0.3 is 0 Å². The summed E-state index contributed by atoms with van der Waals surface area (Å²) in [6.45, 7) is 4.99. The SMILES string of the molecule is CC1CN(C(CN)c2c(Cl)cccc2Cl)CCO1. The molecule has 2 unspecified atom stereocenters. The number of nitrogens with zero attached hydrogens (tertiary/aromatic N) is 1. The Balaban J connectivity index is 2.27. The smallest absolute Gasteiger partial charge is 0.0674 e. The van der Waals surface area contributed by atoms with E-state index in [1.165, 1.54) is 0 Å². The van der Waals surface area contributed by atoms with Gasteiger partial charge in [0.15, 0.2) is 0 Å². The van der Waals surface area contributed by atoms with Crippen LogP contribution in [0.25, 0.3) is 0 Å². The first-order valence-corrected chi connectivity index (χ1v) is 6.88. The Bertz CT molecular complexity index is 394. The molecule has 1 aromatic carbocycles. The van der Waals surface area contributed by atoms with Crippen LogP contribution in [0.1, 0.15) is 18.5 Å². The van der Waals surface area contributed by atoms with E-state index in [0.717, 1.165) is 25.3 Å². The Labute approximate surface area is 118 Å². The summed E-state index contributed by atoms with van der Waals surface area (Å²) in [6, 6.07) is 5.62. The van der Waals surface area contributed by atoms with Gasteiger partial charge in [-0.3, -0.25) is 4.90 Å². The molecule has 2 atom stereocenters. The van der Waals surface area contributed by atoms with Gasteiger partial charge < -0.3 is 10.5 Å². The highest BCUT2D eigenvalue weighted by molar-refractivity contribution is 6.36. The van der Waals surface area contributed by atoms with Crippen LogP contribution in [0.15, 0.2) is 18.2 Å². The molecule has 0 radical (unpaired) electrons. The first-order valence-electron chi connectivity index (χ1n) is 6.13. The monoisotopic (exact) mass is 288 g/mol. The predicted molar refractivity (Wildman–Crippen MR) is 75.2 cm³/mol. The molecule has 18 heavy (non-hydrogen) atoms. The summed E-state index contributed by atoms with van der Waals surface area (Å²) in [5.41, 5.74) is 6.85. The highest BCUT2D eigenvalue weighted by Crippen LogP contribution is 2.33. The maximum atomic E-state index is 6.26. The van der Waals surface area contributed by atoms with Gasteiger partial charge in [-0.2, -0.15) is 0 Å². The molecule has 2 N–H and O–H groups in total. The lowest BCUT2D eigenvalue weighted by atomic mass is 10.0. The highest BCUT2D eigenvalue weighted by atomic mass is 35.5. The first-order chi connectivity index (χ1) is 8.63. The normalized spacial score (nSPS) is 23.0. The third-order valence-corrected chi connectivity index (χ3v) is 3.93. The fraction of sp³-hybridized carbons (Fsp3) is 0.538. The van der Waals surface area contributed by atoms with Crippen LogP contribution in [0.4, 0.5) is 0 Å². The molecule has 0 spiro atoms. The minimum absolute atomic E-state index is 0.0533. The third kappa shape index (κ3) is 2.98. The van der Waals surface area contributed by atoms with Crippen molar-refractivity contribution in [2.45, 2.75) is 19.1 Å². The second kappa shape index (κ2) is 6.22. The molecule has 0 aromatic heterocycles. The van der Waals surface area contributed by atoms with E-state index in [9.17, 15) is 0 Å². The average molecular weight is 289 g/mol. The lowest BCUT2D eigenvalue weighted by Crippen LogP contribution is -2.45. The number of hydrogen-bond acceptors (Lipinski definition) is 3. The first kappa shape index (κ1) is 14.1. The predicted octanol–water partition coefficient (Wildman–Crippen LogP) is 2.71. The van der Waals surface area contributed by atoms with Crippen LogP contribution in [0.3, 0.4) is 0 Å². The molecule has 1 fully saturated rings. The lowest BCUT2D eigenvalue weighted by Gasteiger charge is -2.37. The van der Waals surface area contributed by atoms with E-state index in [1.807, 2.05) is 18.2 Å². The van der Waals surface area contributed by atoms with Gasteiger partial charge in [0.05, 0.1) is 18.8 Å². The molecule has 0 amide bonds. The fourth-order valence-electron chi connectivity index (χ4n) is 2.41. The van der Waals surface area contributed by atoms with Gasteiger partial charge in [0.1, 0.15) is 0 Å². The molecule has 100 valence electrons. The minimum Gasteiger partial charge on any atom is -0.376 e. The zero-order valence-corrected chi connectivity index (χ0v) is 11.9. The Hall–Kier alpha value is -0.320. The van der Waals surface area contributed by atoms with Crippen molar-refractivity contribution in [3.8, 4) is 0 Å². The van der Waals surface area contributed by atoms with E-state index >= 15 is 0 Å². The van der Waals surface area contributed by atoms with Gasteiger partial charge in [0.25, 0.3) is 0 Å². The minimum atomic E-state index is 0.0533. The highest BCUT2D eigenvalue weighted by Gasteiger charge is 2.27. The average Bonchev–Trinajstić information content (AvgIpc) is 2.34. The van der Waals surface area contributed by atoms with Crippen LogP contribution in [-0.4, -0.2) is 37.2 Å². The zero-order valence-electron chi connectivity index (χ0n) is 10.4. The molecule has 0 saturated carbocycles. The number of morpholine rings is 1. The van der Waals surface area contributed by atoms with Crippen molar-refractivity contribution in [3.05, 3.63) is 33.8 Å². The summed E-state index contributed by atoms with van der Waals surface area (Å²) >= 11 is 12.5. The maximum absolute atomic E-state index is 6.26. The Morgan fingerprint density at radius 2 is 2.11 bits per heavy atom. The third-order valence-electron chi connectivity index (χ3n) is 3.27. The van der Waals surface area contributed by atoms with Crippen LogP contribution in [0.2, 0.25) is 10.0 Å². The molecule has 5 heteroatoms. The molecule has 2 rings (SSSR count). The maximum Gasteiger partial charge on any atom is 0.0674 e. The number of halogens is 2. The number of benzene rings is 1. The molecule has 0 aliphatic carbocycles. The van der Waals surface area contributed by atoms with Crippen LogP contribution in [0.5, 0.6) is 0 Å².